The van der Waals surface area contributed by atoms with Crippen LogP contribution in [0.25, 0.3) is 33.5 Å². The Morgan fingerprint density at radius 1 is 1.10 bits per heavy atom. The predicted molar refractivity (Wildman–Crippen MR) is 110 cm³/mol. The van der Waals surface area contributed by atoms with Gasteiger partial charge in [0.05, 0.1) is 22.4 Å². The second-order valence-electron chi connectivity index (χ2n) is 7.35. The van der Waals surface area contributed by atoms with Crippen LogP contribution in [-0.4, -0.2) is 31.3 Å². The number of alkyl halides is 2. The maximum Gasteiger partial charge on any atom is 0.280 e. The van der Waals surface area contributed by atoms with E-state index in [0.29, 0.717) is 24.4 Å². The smallest absolute Gasteiger partial charge is 0.280 e. The molecule has 0 saturated heterocycles. The Morgan fingerprint density at radius 3 is 2.83 bits per heavy atom. The van der Waals surface area contributed by atoms with E-state index in [9.17, 15) is 8.78 Å². The van der Waals surface area contributed by atoms with E-state index in [1.807, 2.05) is 22.9 Å². The molecule has 0 amide bonds. The van der Waals surface area contributed by atoms with Crippen molar-refractivity contribution in [2.45, 2.75) is 32.2 Å². The van der Waals surface area contributed by atoms with Gasteiger partial charge in [0.2, 0.25) is 0 Å². The SMILES string of the molecule is NCCc1cnc2ccc(-c3c(-c4cccc(C(F)F)n4)nn4c3CCC4)cc2n1. The molecule has 6 nitrogen and oxygen atoms in total. The van der Waals surface area contributed by atoms with Crippen LogP contribution in [0.15, 0.2) is 42.6 Å². The molecule has 8 heteroatoms. The zero-order chi connectivity index (χ0) is 20.7. The monoisotopic (exact) mass is 406 g/mol. The zero-order valence-corrected chi connectivity index (χ0v) is 16.2. The third-order valence-electron chi connectivity index (χ3n) is 5.36. The van der Waals surface area contributed by atoms with Crippen LogP contribution in [-0.2, 0) is 19.4 Å². The van der Waals surface area contributed by atoms with Crippen molar-refractivity contribution in [1.82, 2.24) is 24.7 Å². The average molecular weight is 406 g/mol. The van der Waals surface area contributed by atoms with Crippen molar-refractivity contribution in [2.24, 2.45) is 5.73 Å². The van der Waals surface area contributed by atoms with Crippen LogP contribution in [0, 0.1) is 0 Å². The molecule has 0 spiro atoms. The Hall–Kier alpha value is -3.26. The lowest BCUT2D eigenvalue weighted by atomic mass is 9.99. The van der Waals surface area contributed by atoms with Gasteiger partial charge in [0.25, 0.3) is 6.43 Å². The van der Waals surface area contributed by atoms with Crippen LogP contribution in [0.1, 0.15) is 29.9 Å². The van der Waals surface area contributed by atoms with Crippen LogP contribution in [0.2, 0.25) is 0 Å². The number of hydrogen-bond donors (Lipinski definition) is 1. The molecule has 0 fully saturated rings. The molecule has 3 aromatic heterocycles. The normalized spacial score (nSPS) is 13.3. The molecule has 1 aromatic carbocycles. The molecule has 4 aromatic rings. The summed E-state index contributed by atoms with van der Waals surface area (Å²) in [5.41, 5.74) is 11.9. The Kier molecular flexibility index (Phi) is 4.71. The molecule has 0 unspecified atom stereocenters. The van der Waals surface area contributed by atoms with Crippen LogP contribution in [0.3, 0.4) is 0 Å². The van der Waals surface area contributed by atoms with Crippen LogP contribution in [0.5, 0.6) is 0 Å². The highest BCUT2D eigenvalue weighted by molar-refractivity contribution is 5.87. The largest absolute Gasteiger partial charge is 0.330 e. The third kappa shape index (κ3) is 3.23. The lowest BCUT2D eigenvalue weighted by Crippen LogP contribution is -2.05. The number of benzene rings is 1. The minimum atomic E-state index is -2.63. The standard InChI is InChI=1S/C22H20F2N6/c23-22(24)17-4-1-3-16(28-17)21-20(19-5-2-10-30(19)29-21)13-6-7-15-18(11-13)27-14(8-9-25)12-26-15/h1,3-4,6-7,11-12,22H,2,5,8-10,25H2. The lowest BCUT2D eigenvalue weighted by molar-refractivity contribution is 0.146. The highest BCUT2D eigenvalue weighted by Crippen LogP contribution is 2.38. The van der Waals surface area contributed by atoms with Crippen LogP contribution < -0.4 is 5.73 Å². The molecule has 0 aliphatic carbocycles. The number of halogens is 2. The summed E-state index contributed by atoms with van der Waals surface area (Å²) < 4.78 is 28.4. The number of aryl methyl sites for hydroxylation is 1. The van der Waals surface area contributed by atoms with E-state index < -0.39 is 6.43 Å². The molecular weight excluding hydrogens is 386 g/mol. The maximum absolute atomic E-state index is 13.2. The van der Waals surface area contributed by atoms with Gasteiger partial charge in [-0.05, 0) is 49.2 Å². The first-order chi connectivity index (χ1) is 14.6. The molecule has 2 N–H and O–H groups in total. The molecule has 0 radical (unpaired) electrons. The van der Waals surface area contributed by atoms with E-state index in [-0.39, 0.29) is 5.69 Å². The van der Waals surface area contributed by atoms with Crippen molar-refractivity contribution in [1.29, 1.82) is 0 Å². The van der Waals surface area contributed by atoms with Gasteiger partial charge in [-0.1, -0.05) is 12.1 Å². The van der Waals surface area contributed by atoms with E-state index in [0.717, 1.165) is 52.9 Å². The highest BCUT2D eigenvalue weighted by atomic mass is 19.3. The van der Waals surface area contributed by atoms with Crippen molar-refractivity contribution in [3.05, 3.63) is 59.7 Å². The van der Waals surface area contributed by atoms with Gasteiger partial charge >= 0.3 is 0 Å². The van der Waals surface area contributed by atoms with Gasteiger partial charge in [-0.3, -0.25) is 9.67 Å². The Balaban J connectivity index is 1.68. The van der Waals surface area contributed by atoms with Gasteiger partial charge in [-0.15, -0.1) is 0 Å². The van der Waals surface area contributed by atoms with Crippen molar-refractivity contribution in [3.63, 3.8) is 0 Å². The zero-order valence-electron chi connectivity index (χ0n) is 16.2. The number of hydrogen-bond acceptors (Lipinski definition) is 5. The average Bonchev–Trinajstić information content (AvgIpc) is 3.35. The summed E-state index contributed by atoms with van der Waals surface area (Å²) in [4.78, 5) is 13.3. The molecule has 152 valence electrons. The quantitative estimate of drug-likeness (QED) is 0.543. The Labute approximate surface area is 171 Å². The summed E-state index contributed by atoms with van der Waals surface area (Å²) in [5.74, 6) is 0. The fourth-order valence-electron chi connectivity index (χ4n) is 3.99. The number of aromatic nitrogens is 5. The lowest BCUT2D eigenvalue weighted by Gasteiger charge is -2.08. The molecule has 4 heterocycles. The molecule has 0 saturated carbocycles. The summed E-state index contributed by atoms with van der Waals surface area (Å²) in [7, 11) is 0. The fraction of sp³-hybridized carbons (Fsp3) is 0.273. The first-order valence-corrected chi connectivity index (χ1v) is 9.95. The van der Waals surface area contributed by atoms with E-state index in [4.69, 9.17) is 10.8 Å². The number of pyridine rings is 1. The van der Waals surface area contributed by atoms with Crippen molar-refractivity contribution in [2.75, 3.05) is 6.54 Å². The topological polar surface area (TPSA) is 82.5 Å². The fourth-order valence-corrected chi connectivity index (χ4v) is 3.99. The van der Waals surface area contributed by atoms with Gasteiger partial charge < -0.3 is 5.73 Å². The Bertz CT molecular complexity index is 1230. The minimum Gasteiger partial charge on any atom is -0.330 e. The number of nitrogens with zero attached hydrogens (tertiary/aromatic N) is 5. The number of rotatable bonds is 5. The van der Waals surface area contributed by atoms with Crippen molar-refractivity contribution in [3.8, 4) is 22.5 Å². The molecule has 0 bridgehead atoms. The van der Waals surface area contributed by atoms with Gasteiger partial charge in [0.15, 0.2) is 0 Å². The summed E-state index contributed by atoms with van der Waals surface area (Å²) in [6.07, 6.45) is 1.67. The molecule has 1 aliphatic heterocycles. The molecule has 5 rings (SSSR count). The van der Waals surface area contributed by atoms with E-state index in [2.05, 4.69) is 15.0 Å². The van der Waals surface area contributed by atoms with E-state index in [1.54, 1.807) is 18.3 Å². The second kappa shape index (κ2) is 7.53. The maximum atomic E-state index is 13.2. The molecule has 0 atom stereocenters. The molecule has 30 heavy (non-hydrogen) atoms. The summed E-state index contributed by atoms with van der Waals surface area (Å²) in [5, 5.41) is 4.72. The van der Waals surface area contributed by atoms with Gasteiger partial charge in [-0.25, -0.2) is 18.7 Å². The first-order valence-electron chi connectivity index (χ1n) is 9.95. The predicted octanol–water partition coefficient (Wildman–Crippen LogP) is 3.94. The van der Waals surface area contributed by atoms with Crippen molar-refractivity contribution >= 4 is 11.0 Å². The second-order valence-corrected chi connectivity index (χ2v) is 7.35. The Morgan fingerprint density at radius 2 is 2.00 bits per heavy atom. The number of nitrogens with two attached hydrogens (primary N) is 1. The summed E-state index contributed by atoms with van der Waals surface area (Å²) >= 11 is 0. The van der Waals surface area contributed by atoms with Crippen LogP contribution in [0.4, 0.5) is 8.78 Å². The molecule has 1 aliphatic rings. The molecular formula is C22H20F2N6. The summed E-state index contributed by atoms with van der Waals surface area (Å²) in [6, 6.07) is 10.6. The number of fused-ring (bicyclic) bond motifs is 2. The van der Waals surface area contributed by atoms with Gasteiger partial charge in [0.1, 0.15) is 11.4 Å². The third-order valence-corrected chi connectivity index (χ3v) is 5.36. The van der Waals surface area contributed by atoms with E-state index >= 15 is 0 Å². The highest BCUT2D eigenvalue weighted by Gasteiger charge is 2.25. The first kappa shape index (κ1) is 18.7. The van der Waals surface area contributed by atoms with Gasteiger partial charge in [0, 0.05) is 30.4 Å². The van der Waals surface area contributed by atoms with Crippen molar-refractivity contribution < 1.29 is 8.78 Å². The van der Waals surface area contributed by atoms with Crippen LogP contribution >= 0.6 is 0 Å². The minimum absolute atomic E-state index is 0.248. The summed E-state index contributed by atoms with van der Waals surface area (Å²) in [6.45, 7) is 1.32. The van der Waals surface area contributed by atoms with E-state index in [1.165, 1.54) is 6.07 Å². The van der Waals surface area contributed by atoms with Gasteiger partial charge in [-0.2, -0.15) is 5.10 Å².